The van der Waals surface area contributed by atoms with E-state index in [1.807, 2.05) is 24.3 Å². The molecule has 4 bridgehead atoms. The van der Waals surface area contributed by atoms with Gasteiger partial charge >= 0.3 is 0 Å². The van der Waals surface area contributed by atoms with Crippen molar-refractivity contribution in [1.82, 2.24) is 10.3 Å². The number of rotatable bonds is 6. The highest BCUT2D eigenvalue weighted by atomic mass is 32.2. The number of hydrogen-bond donors (Lipinski definition) is 2. The molecule has 2 amide bonds. The number of aryl methyl sites for hydroxylation is 2. The monoisotopic (exact) mass is 481 g/mol. The van der Waals surface area contributed by atoms with Crippen molar-refractivity contribution < 1.29 is 9.59 Å². The van der Waals surface area contributed by atoms with Crippen LogP contribution in [0.5, 0.6) is 0 Å². The standard InChI is InChI=1S/C26H31N3O2S2/c30-23(29-26-12-16-9-17(13-26)11-18(10-16)14-26)15-32-21-7-3-1-5-19(21)24(31)28-25-27-20-6-2-4-8-22(20)33-25/h1,3,5,7,16-18H,2,4,6,8-15H2,(H,29,30)(H,27,28,31). The molecule has 7 heteroatoms. The fourth-order valence-corrected chi connectivity index (χ4v) is 8.98. The lowest BCUT2D eigenvalue weighted by molar-refractivity contribution is -0.124. The minimum atomic E-state index is -0.148. The van der Waals surface area contributed by atoms with Gasteiger partial charge in [0, 0.05) is 15.3 Å². The van der Waals surface area contributed by atoms with Crippen LogP contribution in [0.15, 0.2) is 29.2 Å². The Balaban J connectivity index is 1.09. The minimum Gasteiger partial charge on any atom is -0.350 e. The lowest BCUT2D eigenvalue weighted by Crippen LogP contribution is -2.60. The third-order valence-electron chi connectivity index (χ3n) is 8.00. The second-order valence-electron chi connectivity index (χ2n) is 10.6. The number of anilines is 1. The third-order valence-corrected chi connectivity index (χ3v) is 10.1. The Kier molecular flexibility index (Phi) is 5.73. The molecule has 5 aliphatic carbocycles. The molecule has 2 N–H and O–H groups in total. The molecule has 0 saturated heterocycles. The summed E-state index contributed by atoms with van der Waals surface area (Å²) in [7, 11) is 0. The molecule has 0 atom stereocenters. The predicted octanol–water partition coefficient (Wildman–Crippen LogP) is 5.45. The highest BCUT2D eigenvalue weighted by Gasteiger charge is 2.51. The van der Waals surface area contributed by atoms with Gasteiger partial charge in [-0.15, -0.1) is 23.1 Å². The van der Waals surface area contributed by atoms with E-state index in [0.717, 1.165) is 60.4 Å². The molecule has 174 valence electrons. The van der Waals surface area contributed by atoms with Crippen LogP contribution >= 0.6 is 23.1 Å². The average molecular weight is 482 g/mol. The van der Waals surface area contributed by atoms with E-state index in [1.54, 1.807) is 11.3 Å². The van der Waals surface area contributed by atoms with Gasteiger partial charge in [-0.05, 0) is 94.1 Å². The topological polar surface area (TPSA) is 71.1 Å². The van der Waals surface area contributed by atoms with Crippen LogP contribution in [-0.2, 0) is 17.6 Å². The molecule has 7 rings (SSSR count). The molecule has 4 saturated carbocycles. The molecule has 33 heavy (non-hydrogen) atoms. The number of nitrogens with zero attached hydrogens (tertiary/aromatic N) is 1. The lowest BCUT2D eigenvalue weighted by atomic mass is 9.53. The van der Waals surface area contributed by atoms with Crippen LogP contribution in [0.25, 0.3) is 0 Å². The summed E-state index contributed by atoms with van der Waals surface area (Å²) in [5.41, 5.74) is 1.79. The van der Waals surface area contributed by atoms with Crippen molar-refractivity contribution in [2.24, 2.45) is 17.8 Å². The molecule has 1 aromatic heterocycles. The van der Waals surface area contributed by atoms with Gasteiger partial charge in [-0.2, -0.15) is 0 Å². The molecular weight excluding hydrogens is 450 g/mol. The number of fused-ring (bicyclic) bond motifs is 1. The first kappa shape index (κ1) is 21.7. The number of benzene rings is 1. The number of hydrogen-bond acceptors (Lipinski definition) is 5. The van der Waals surface area contributed by atoms with Crippen molar-refractivity contribution in [2.45, 2.75) is 74.6 Å². The number of carbonyl (C=O) groups is 2. The normalized spacial score (nSPS) is 29.5. The minimum absolute atomic E-state index is 0.0350. The summed E-state index contributed by atoms with van der Waals surface area (Å²) in [5.74, 6) is 2.73. The summed E-state index contributed by atoms with van der Waals surface area (Å²) in [6.45, 7) is 0. The zero-order valence-corrected chi connectivity index (χ0v) is 20.5. The Morgan fingerprint density at radius 3 is 2.45 bits per heavy atom. The number of nitrogens with one attached hydrogen (secondary N) is 2. The summed E-state index contributed by atoms with van der Waals surface area (Å²) in [5, 5.41) is 7.13. The number of amides is 2. The van der Waals surface area contributed by atoms with Crippen LogP contribution < -0.4 is 10.6 Å². The van der Waals surface area contributed by atoms with Crippen molar-refractivity contribution in [1.29, 1.82) is 0 Å². The molecule has 4 fully saturated rings. The van der Waals surface area contributed by atoms with Gasteiger partial charge in [0.1, 0.15) is 0 Å². The van der Waals surface area contributed by atoms with Gasteiger partial charge in [-0.3, -0.25) is 14.9 Å². The van der Waals surface area contributed by atoms with Crippen LogP contribution in [0.4, 0.5) is 5.13 Å². The van der Waals surface area contributed by atoms with E-state index in [9.17, 15) is 9.59 Å². The van der Waals surface area contributed by atoms with Gasteiger partial charge in [-0.1, -0.05) is 12.1 Å². The number of thiazole rings is 1. The van der Waals surface area contributed by atoms with Crippen LogP contribution in [-0.4, -0.2) is 28.1 Å². The number of aromatic nitrogens is 1. The van der Waals surface area contributed by atoms with Gasteiger partial charge in [0.05, 0.1) is 17.0 Å². The first-order valence-corrected chi connectivity index (χ1v) is 14.2. The van der Waals surface area contributed by atoms with E-state index in [4.69, 9.17) is 0 Å². The summed E-state index contributed by atoms with van der Waals surface area (Å²) in [6, 6.07) is 7.58. The Morgan fingerprint density at radius 1 is 1.03 bits per heavy atom. The Labute approximate surface area is 203 Å². The van der Waals surface area contributed by atoms with Crippen LogP contribution in [0.2, 0.25) is 0 Å². The van der Waals surface area contributed by atoms with Crippen molar-refractivity contribution in [3.05, 3.63) is 40.4 Å². The van der Waals surface area contributed by atoms with E-state index in [2.05, 4.69) is 15.6 Å². The lowest BCUT2D eigenvalue weighted by Gasteiger charge is -2.56. The Hall–Kier alpha value is -1.86. The van der Waals surface area contributed by atoms with Gasteiger partial charge < -0.3 is 5.32 Å². The molecule has 5 aliphatic rings. The van der Waals surface area contributed by atoms with E-state index in [1.165, 1.54) is 48.7 Å². The molecular formula is C26H31N3O2S2. The maximum Gasteiger partial charge on any atom is 0.258 e. The summed E-state index contributed by atoms with van der Waals surface area (Å²) in [4.78, 5) is 32.8. The maximum atomic E-state index is 13.0. The van der Waals surface area contributed by atoms with Gasteiger partial charge in [-0.25, -0.2) is 4.98 Å². The maximum absolute atomic E-state index is 13.0. The fraction of sp³-hybridized carbons (Fsp3) is 0.577. The first-order valence-electron chi connectivity index (χ1n) is 12.4. The van der Waals surface area contributed by atoms with Crippen molar-refractivity contribution in [3.63, 3.8) is 0 Å². The molecule has 1 aromatic carbocycles. The molecule has 2 aromatic rings. The molecule has 1 heterocycles. The highest BCUT2D eigenvalue weighted by molar-refractivity contribution is 8.00. The second kappa shape index (κ2) is 8.73. The first-order chi connectivity index (χ1) is 16.1. The zero-order chi connectivity index (χ0) is 22.4. The van der Waals surface area contributed by atoms with Crippen LogP contribution in [0.3, 0.4) is 0 Å². The molecule has 0 radical (unpaired) electrons. The number of thioether (sulfide) groups is 1. The van der Waals surface area contributed by atoms with E-state index < -0.39 is 0 Å². The Bertz CT molecular complexity index is 1020. The van der Waals surface area contributed by atoms with Gasteiger partial charge in [0.15, 0.2) is 5.13 Å². The highest BCUT2D eigenvalue weighted by Crippen LogP contribution is 2.55. The van der Waals surface area contributed by atoms with Gasteiger partial charge in [0.2, 0.25) is 5.91 Å². The van der Waals surface area contributed by atoms with Crippen LogP contribution in [0, 0.1) is 17.8 Å². The van der Waals surface area contributed by atoms with Gasteiger partial charge in [0.25, 0.3) is 5.91 Å². The molecule has 5 nitrogen and oxygen atoms in total. The van der Waals surface area contributed by atoms with Crippen LogP contribution in [0.1, 0.15) is 72.3 Å². The van der Waals surface area contributed by atoms with Crippen molar-refractivity contribution >= 4 is 40.0 Å². The van der Waals surface area contributed by atoms with Crippen molar-refractivity contribution in [2.75, 3.05) is 11.1 Å². The average Bonchev–Trinajstić information content (AvgIpc) is 3.19. The smallest absolute Gasteiger partial charge is 0.258 e. The zero-order valence-electron chi connectivity index (χ0n) is 18.9. The summed E-state index contributed by atoms with van der Waals surface area (Å²) in [6.07, 6.45) is 12.0. The quantitative estimate of drug-likeness (QED) is 0.538. The predicted molar refractivity (Wildman–Crippen MR) is 133 cm³/mol. The van der Waals surface area contributed by atoms with E-state index in [0.29, 0.717) is 16.4 Å². The third kappa shape index (κ3) is 4.46. The van der Waals surface area contributed by atoms with E-state index >= 15 is 0 Å². The summed E-state index contributed by atoms with van der Waals surface area (Å²) < 4.78 is 0. The summed E-state index contributed by atoms with van der Waals surface area (Å²) >= 11 is 3.06. The largest absolute Gasteiger partial charge is 0.350 e. The van der Waals surface area contributed by atoms with Crippen molar-refractivity contribution in [3.8, 4) is 0 Å². The molecule has 0 spiro atoms. The number of carbonyl (C=O) groups excluding carboxylic acids is 2. The SMILES string of the molecule is O=C(CSc1ccccc1C(=O)Nc1nc2c(s1)CCCC2)NC12CC3CC(CC(C3)C1)C2. The Morgan fingerprint density at radius 2 is 1.73 bits per heavy atom. The fourth-order valence-electron chi connectivity index (χ4n) is 7.09. The molecule has 0 aliphatic heterocycles. The molecule has 0 unspecified atom stereocenters. The van der Waals surface area contributed by atoms with E-state index in [-0.39, 0.29) is 17.4 Å². The second-order valence-corrected chi connectivity index (χ2v) is 12.7.